The lowest BCUT2D eigenvalue weighted by atomic mass is 9.97. The van der Waals surface area contributed by atoms with Crippen molar-refractivity contribution >= 4 is 22.8 Å². The maximum Gasteiger partial charge on any atom is 0.389 e. The molecule has 37 heavy (non-hydrogen) atoms. The number of fused-ring (bicyclic) bond motifs is 1. The lowest BCUT2D eigenvalue weighted by molar-refractivity contribution is -0.144. The summed E-state index contributed by atoms with van der Waals surface area (Å²) in [4.78, 5) is 31.1. The fraction of sp³-hybridized carbons (Fsp3) is 0.423. The van der Waals surface area contributed by atoms with Gasteiger partial charge < -0.3 is 15.6 Å². The number of hydrogen-bond donors (Lipinski definition) is 3. The third-order valence-electron chi connectivity index (χ3n) is 5.76. The van der Waals surface area contributed by atoms with E-state index in [2.05, 4.69) is 20.6 Å². The Bertz CT molecular complexity index is 1170. The number of carbonyl (C=O) groups is 2. The molecule has 0 saturated heterocycles. The first kappa shape index (κ1) is 28.1. The molecule has 0 atom stereocenters. The van der Waals surface area contributed by atoms with Crippen LogP contribution in [-0.2, 0) is 17.9 Å². The molecule has 1 saturated carbocycles. The van der Waals surface area contributed by atoms with E-state index in [0.29, 0.717) is 35.3 Å². The standard InChI is InChI=1S/C20H19F3N4O2.C6H10F2/c21-20(22,23)9-8-18(28)24-11-13-6-7-15-16(10-13)27-17(26-15)12-25-19(29)14-4-2-1-3-5-14;7-6(8)4-2-1-3-5-6/h1-7,10H,8-9,11-12H2,(H,24,28)(H,25,29)(H,26,27);1-5H2. The van der Waals surface area contributed by atoms with Crippen LogP contribution >= 0.6 is 0 Å². The second-order valence-electron chi connectivity index (χ2n) is 8.89. The van der Waals surface area contributed by atoms with Crippen molar-refractivity contribution < 1.29 is 31.5 Å². The topological polar surface area (TPSA) is 86.9 Å². The van der Waals surface area contributed by atoms with Crippen molar-refractivity contribution in [3.63, 3.8) is 0 Å². The van der Waals surface area contributed by atoms with Crippen LogP contribution in [-0.4, -0.2) is 33.9 Å². The summed E-state index contributed by atoms with van der Waals surface area (Å²) in [6.07, 6.45) is -3.42. The van der Waals surface area contributed by atoms with Gasteiger partial charge in [-0.25, -0.2) is 13.8 Å². The van der Waals surface area contributed by atoms with Crippen LogP contribution in [0.3, 0.4) is 0 Å². The van der Waals surface area contributed by atoms with Gasteiger partial charge in [0, 0.05) is 31.4 Å². The third-order valence-corrected chi connectivity index (χ3v) is 5.76. The zero-order chi connectivity index (χ0) is 26.9. The SMILES string of the molecule is FC1(F)CCCCC1.O=C(CCC(F)(F)F)NCc1ccc2nc(CNC(=O)c3ccccc3)[nH]c2c1. The Labute approximate surface area is 211 Å². The fourth-order valence-corrected chi connectivity index (χ4v) is 3.77. The van der Waals surface area contributed by atoms with E-state index in [0.717, 1.165) is 12.0 Å². The number of benzene rings is 2. The quantitative estimate of drug-likeness (QED) is 0.330. The number of nitrogens with one attached hydrogen (secondary N) is 3. The largest absolute Gasteiger partial charge is 0.389 e. The highest BCUT2D eigenvalue weighted by Gasteiger charge is 2.30. The minimum atomic E-state index is -4.35. The van der Waals surface area contributed by atoms with E-state index in [-0.39, 0.29) is 31.8 Å². The number of amides is 2. The predicted octanol–water partition coefficient (Wildman–Crippen LogP) is 6.04. The second-order valence-corrected chi connectivity index (χ2v) is 8.89. The highest BCUT2D eigenvalue weighted by molar-refractivity contribution is 5.94. The average molecular weight is 525 g/mol. The predicted molar refractivity (Wildman–Crippen MR) is 129 cm³/mol. The highest BCUT2D eigenvalue weighted by atomic mass is 19.4. The normalized spacial score (nSPS) is 14.9. The van der Waals surface area contributed by atoms with E-state index in [1.54, 1.807) is 42.5 Å². The van der Waals surface area contributed by atoms with Crippen LogP contribution in [0.2, 0.25) is 0 Å². The van der Waals surface area contributed by atoms with Gasteiger partial charge in [-0.1, -0.05) is 30.7 Å². The van der Waals surface area contributed by atoms with Gasteiger partial charge in [0.25, 0.3) is 5.91 Å². The van der Waals surface area contributed by atoms with Crippen molar-refractivity contribution in [1.29, 1.82) is 0 Å². The Morgan fingerprint density at radius 1 is 0.946 bits per heavy atom. The fourth-order valence-electron chi connectivity index (χ4n) is 3.77. The molecule has 2 aromatic carbocycles. The smallest absolute Gasteiger partial charge is 0.352 e. The number of aromatic nitrogens is 2. The number of carbonyl (C=O) groups excluding carboxylic acids is 2. The van der Waals surface area contributed by atoms with Crippen LogP contribution in [0, 0.1) is 0 Å². The first-order valence-corrected chi connectivity index (χ1v) is 12.0. The molecule has 0 bridgehead atoms. The van der Waals surface area contributed by atoms with Gasteiger partial charge in [-0.2, -0.15) is 13.2 Å². The molecule has 1 aromatic heterocycles. The summed E-state index contributed by atoms with van der Waals surface area (Å²) in [6.45, 7) is 0.331. The van der Waals surface area contributed by atoms with Crippen LogP contribution in [0.25, 0.3) is 11.0 Å². The van der Waals surface area contributed by atoms with E-state index in [4.69, 9.17) is 0 Å². The molecule has 1 aliphatic carbocycles. The van der Waals surface area contributed by atoms with Crippen molar-refractivity contribution in [2.45, 2.75) is 70.1 Å². The number of aromatic amines is 1. The number of imidazole rings is 1. The van der Waals surface area contributed by atoms with Gasteiger partial charge in [0.05, 0.1) is 24.0 Å². The zero-order valence-corrected chi connectivity index (χ0v) is 20.1. The van der Waals surface area contributed by atoms with E-state index in [1.165, 1.54) is 0 Å². The van der Waals surface area contributed by atoms with Crippen molar-refractivity contribution in [3.8, 4) is 0 Å². The van der Waals surface area contributed by atoms with Gasteiger partial charge in [-0.05, 0) is 42.7 Å². The summed E-state index contributed by atoms with van der Waals surface area (Å²) in [7, 11) is 0. The van der Waals surface area contributed by atoms with Crippen molar-refractivity contribution in [2.75, 3.05) is 0 Å². The lowest BCUT2D eigenvalue weighted by Crippen LogP contribution is -2.24. The summed E-state index contributed by atoms with van der Waals surface area (Å²) in [5, 5.41) is 5.25. The lowest BCUT2D eigenvalue weighted by Gasteiger charge is -2.20. The Morgan fingerprint density at radius 2 is 1.65 bits per heavy atom. The Morgan fingerprint density at radius 3 is 2.27 bits per heavy atom. The number of halogens is 5. The minimum Gasteiger partial charge on any atom is -0.352 e. The van der Waals surface area contributed by atoms with Crippen LogP contribution < -0.4 is 10.6 Å². The van der Waals surface area contributed by atoms with Crippen molar-refractivity contribution in [1.82, 2.24) is 20.6 Å². The van der Waals surface area contributed by atoms with Gasteiger partial charge in [0.2, 0.25) is 11.8 Å². The van der Waals surface area contributed by atoms with Crippen LogP contribution in [0.5, 0.6) is 0 Å². The molecule has 1 fully saturated rings. The Hall–Kier alpha value is -3.50. The van der Waals surface area contributed by atoms with Crippen molar-refractivity contribution in [2.24, 2.45) is 0 Å². The number of hydrogen-bond acceptors (Lipinski definition) is 3. The van der Waals surface area contributed by atoms with Gasteiger partial charge in [0.15, 0.2) is 0 Å². The number of rotatable bonds is 7. The van der Waals surface area contributed by atoms with E-state index >= 15 is 0 Å². The number of nitrogens with zero attached hydrogens (tertiary/aromatic N) is 1. The summed E-state index contributed by atoms with van der Waals surface area (Å²) >= 11 is 0. The van der Waals surface area contributed by atoms with Crippen LogP contribution in [0.15, 0.2) is 48.5 Å². The number of H-pyrrole nitrogens is 1. The summed E-state index contributed by atoms with van der Waals surface area (Å²) in [6, 6.07) is 14.0. The van der Waals surface area contributed by atoms with Crippen LogP contribution in [0.1, 0.15) is 66.7 Å². The van der Waals surface area contributed by atoms with Crippen LogP contribution in [0.4, 0.5) is 22.0 Å². The van der Waals surface area contributed by atoms with E-state index in [1.807, 2.05) is 6.07 Å². The molecular formula is C26H29F5N4O2. The molecule has 0 spiro atoms. The first-order chi connectivity index (χ1) is 17.5. The minimum absolute atomic E-state index is 0.117. The molecular weight excluding hydrogens is 495 g/mol. The van der Waals surface area contributed by atoms with Gasteiger partial charge in [0.1, 0.15) is 5.82 Å². The Balaban J connectivity index is 0.000000405. The summed E-state index contributed by atoms with van der Waals surface area (Å²) in [5.41, 5.74) is 2.66. The molecule has 11 heteroatoms. The summed E-state index contributed by atoms with van der Waals surface area (Å²) in [5.74, 6) is -2.63. The van der Waals surface area contributed by atoms with Crippen molar-refractivity contribution in [3.05, 3.63) is 65.5 Å². The zero-order valence-electron chi connectivity index (χ0n) is 20.1. The molecule has 3 aromatic rings. The molecule has 4 rings (SSSR count). The first-order valence-electron chi connectivity index (χ1n) is 12.0. The maximum atomic E-state index is 12.2. The number of alkyl halides is 5. The molecule has 6 nitrogen and oxygen atoms in total. The molecule has 1 aliphatic rings. The molecule has 2 amide bonds. The maximum absolute atomic E-state index is 12.2. The average Bonchev–Trinajstić information content (AvgIpc) is 3.27. The molecule has 0 radical (unpaired) electrons. The molecule has 1 heterocycles. The van der Waals surface area contributed by atoms with Gasteiger partial charge >= 0.3 is 6.18 Å². The summed E-state index contributed by atoms with van der Waals surface area (Å²) < 4.78 is 60.9. The molecule has 200 valence electrons. The molecule has 0 aliphatic heterocycles. The Kier molecular flexibility index (Phi) is 9.60. The monoisotopic (exact) mass is 524 g/mol. The van der Waals surface area contributed by atoms with E-state index in [9.17, 15) is 31.5 Å². The molecule has 0 unspecified atom stereocenters. The second kappa shape index (κ2) is 12.6. The van der Waals surface area contributed by atoms with E-state index < -0.39 is 30.8 Å². The van der Waals surface area contributed by atoms with Gasteiger partial charge in [-0.3, -0.25) is 9.59 Å². The highest BCUT2D eigenvalue weighted by Crippen LogP contribution is 2.32. The third kappa shape index (κ3) is 9.82. The molecule has 3 N–H and O–H groups in total. The van der Waals surface area contributed by atoms with Gasteiger partial charge in [-0.15, -0.1) is 0 Å².